The molecule has 0 bridgehead atoms. The molecule has 9 heteroatoms. The molecule has 2 aromatic heterocycles. The second kappa shape index (κ2) is 11.6. The van der Waals surface area contributed by atoms with Crippen molar-refractivity contribution in [2.75, 3.05) is 13.1 Å². The summed E-state index contributed by atoms with van der Waals surface area (Å²) in [5.41, 5.74) is 1.74. The van der Waals surface area contributed by atoms with Crippen molar-refractivity contribution in [1.29, 1.82) is 0 Å². The topological polar surface area (TPSA) is 88.2 Å². The smallest absolute Gasteiger partial charge is 0.228 e. The number of nitrogens with one attached hydrogen (secondary N) is 2. The lowest BCUT2D eigenvalue weighted by Gasteiger charge is -2.10. The first kappa shape index (κ1) is 22.1. The third-order valence-electron chi connectivity index (χ3n) is 3.65. The van der Waals surface area contributed by atoms with Gasteiger partial charge < -0.3 is 15.2 Å². The Morgan fingerprint density at radius 3 is 2.82 bits per heavy atom. The lowest BCUT2D eigenvalue weighted by atomic mass is 10.2. The van der Waals surface area contributed by atoms with Gasteiger partial charge in [-0.15, -0.1) is 24.0 Å². The number of hydrogen-bond donors (Lipinski definition) is 2. The number of hydrogen-bond acceptors (Lipinski definition) is 5. The lowest BCUT2D eigenvalue weighted by molar-refractivity contribution is 0.378. The third kappa shape index (κ3) is 6.75. The number of aromatic nitrogens is 3. The maximum Gasteiger partial charge on any atom is 0.228 e. The van der Waals surface area contributed by atoms with Gasteiger partial charge in [-0.05, 0) is 31.2 Å². The van der Waals surface area contributed by atoms with Crippen LogP contribution in [0.5, 0.6) is 0 Å². The van der Waals surface area contributed by atoms with E-state index in [1.807, 2.05) is 49.4 Å². The predicted octanol–water partition coefficient (Wildman–Crippen LogP) is 3.70. The normalized spacial score (nSPS) is 11.0. The second-order valence-corrected chi connectivity index (χ2v) is 6.15. The molecule has 0 spiro atoms. The van der Waals surface area contributed by atoms with Gasteiger partial charge in [0.05, 0.1) is 12.2 Å². The van der Waals surface area contributed by atoms with Gasteiger partial charge in [0.25, 0.3) is 0 Å². The number of pyridine rings is 1. The molecule has 0 saturated heterocycles. The minimum absolute atomic E-state index is 0. The maximum absolute atomic E-state index is 6.00. The Balaban J connectivity index is 0.00000280. The first-order chi connectivity index (χ1) is 13.2. The molecule has 0 atom stereocenters. The van der Waals surface area contributed by atoms with Crippen molar-refractivity contribution in [2.45, 2.75) is 19.9 Å². The monoisotopic (exact) mass is 512 g/mol. The quantitative estimate of drug-likeness (QED) is 0.285. The number of rotatable bonds is 7. The van der Waals surface area contributed by atoms with Crippen LogP contribution in [0.2, 0.25) is 5.02 Å². The average molecular weight is 513 g/mol. The largest absolute Gasteiger partial charge is 0.357 e. The van der Waals surface area contributed by atoms with Crippen molar-refractivity contribution >= 4 is 41.5 Å². The van der Waals surface area contributed by atoms with E-state index in [0.717, 1.165) is 23.8 Å². The summed E-state index contributed by atoms with van der Waals surface area (Å²) in [6, 6.07) is 13.2. The van der Waals surface area contributed by atoms with Crippen molar-refractivity contribution in [3.8, 4) is 11.4 Å². The van der Waals surface area contributed by atoms with Gasteiger partial charge in [0.2, 0.25) is 11.7 Å². The summed E-state index contributed by atoms with van der Waals surface area (Å²) in [6.07, 6.45) is 2.35. The minimum Gasteiger partial charge on any atom is -0.357 e. The van der Waals surface area contributed by atoms with Gasteiger partial charge in [-0.25, -0.2) is 4.99 Å². The van der Waals surface area contributed by atoms with E-state index >= 15 is 0 Å². The zero-order valence-corrected chi connectivity index (χ0v) is 18.5. The molecule has 0 amide bonds. The molecule has 2 N–H and O–H groups in total. The average Bonchev–Trinajstić information content (AvgIpc) is 3.16. The van der Waals surface area contributed by atoms with E-state index in [1.54, 1.807) is 6.20 Å². The fourth-order valence-corrected chi connectivity index (χ4v) is 2.57. The van der Waals surface area contributed by atoms with Gasteiger partial charge in [-0.1, -0.05) is 35.0 Å². The maximum atomic E-state index is 6.00. The molecular formula is C19H22ClIN6O. The first-order valence-electron chi connectivity index (χ1n) is 8.75. The highest BCUT2D eigenvalue weighted by Gasteiger charge is 2.09. The fourth-order valence-electron chi connectivity index (χ4n) is 2.38. The van der Waals surface area contributed by atoms with E-state index in [4.69, 9.17) is 16.1 Å². The molecule has 0 saturated carbocycles. The second-order valence-electron chi connectivity index (χ2n) is 5.72. The van der Waals surface area contributed by atoms with E-state index in [9.17, 15) is 0 Å². The number of benzene rings is 1. The van der Waals surface area contributed by atoms with Crippen LogP contribution in [-0.4, -0.2) is 34.2 Å². The summed E-state index contributed by atoms with van der Waals surface area (Å²) >= 11 is 6.00. The molecule has 0 unspecified atom stereocenters. The van der Waals surface area contributed by atoms with E-state index in [2.05, 4.69) is 30.8 Å². The van der Waals surface area contributed by atoms with E-state index in [0.29, 0.717) is 36.2 Å². The molecule has 7 nitrogen and oxygen atoms in total. The number of guanidine groups is 1. The predicted molar refractivity (Wildman–Crippen MR) is 121 cm³/mol. The van der Waals surface area contributed by atoms with Crippen molar-refractivity contribution < 1.29 is 4.52 Å². The summed E-state index contributed by atoms with van der Waals surface area (Å²) in [7, 11) is 0. The highest BCUT2D eigenvalue weighted by atomic mass is 127. The van der Waals surface area contributed by atoms with Crippen LogP contribution in [0.3, 0.4) is 0 Å². The first-order valence-corrected chi connectivity index (χ1v) is 9.13. The summed E-state index contributed by atoms with van der Waals surface area (Å²) < 4.78 is 5.32. The molecule has 0 radical (unpaired) electrons. The van der Waals surface area contributed by atoms with Crippen LogP contribution in [0.4, 0.5) is 0 Å². The standard InChI is InChI=1S/C19H21ClN6O.HI/c1-2-21-19(24-13-16-8-3-4-10-22-16)23-11-9-17-25-18(26-27-17)14-6-5-7-15(20)12-14;/h3-8,10,12H,2,9,11,13H2,1H3,(H2,21,23,24);1H. The molecule has 28 heavy (non-hydrogen) atoms. The van der Waals surface area contributed by atoms with Gasteiger partial charge in [0.15, 0.2) is 5.96 Å². The molecule has 3 rings (SSSR count). The fraction of sp³-hybridized carbons (Fsp3) is 0.263. The lowest BCUT2D eigenvalue weighted by Crippen LogP contribution is -2.38. The zero-order chi connectivity index (χ0) is 18.9. The minimum atomic E-state index is 0. The van der Waals surface area contributed by atoms with Gasteiger partial charge in [-0.3, -0.25) is 4.98 Å². The Bertz CT molecular complexity index is 887. The van der Waals surface area contributed by atoms with Crippen LogP contribution < -0.4 is 10.6 Å². The van der Waals surface area contributed by atoms with Crippen molar-refractivity contribution in [3.05, 3.63) is 65.3 Å². The summed E-state index contributed by atoms with van der Waals surface area (Å²) in [4.78, 5) is 13.2. The van der Waals surface area contributed by atoms with Gasteiger partial charge in [0.1, 0.15) is 0 Å². The summed E-state index contributed by atoms with van der Waals surface area (Å²) in [6.45, 7) is 3.92. The molecule has 0 aliphatic heterocycles. The van der Waals surface area contributed by atoms with Crippen LogP contribution in [0, 0.1) is 0 Å². The van der Waals surface area contributed by atoms with Crippen LogP contribution in [-0.2, 0) is 13.0 Å². The molecule has 1 aromatic carbocycles. The Labute approximate surface area is 186 Å². The van der Waals surface area contributed by atoms with Crippen molar-refractivity contribution in [1.82, 2.24) is 25.8 Å². The molecule has 2 heterocycles. The summed E-state index contributed by atoms with van der Waals surface area (Å²) in [5.74, 6) is 1.80. The van der Waals surface area contributed by atoms with E-state index < -0.39 is 0 Å². The number of aliphatic imine (C=N–C) groups is 1. The zero-order valence-electron chi connectivity index (χ0n) is 15.4. The molecule has 0 aliphatic rings. The molecule has 0 fully saturated rings. The molecular weight excluding hydrogens is 491 g/mol. The third-order valence-corrected chi connectivity index (χ3v) is 3.89. The van der Waals surface area contributed by atoms with Crippen molar-refractivity contribution in [3.63, 3.8) is 0 Å². The Hall–Kier alpha value is -2.20. The van der Waals surface area contributed by atoms with E-state index in [1.165, 1.54) is 0 Å². The Kier molecular flexibility index (Phi) is 9.15. The van der Waals surface area contributed by atoms with Gasteiger partial charge >= 0.3 is 0 Å². The van der Waals surface area contributed by atoms with Gasteiger partial charge in [0, 0.05) is 36.3 Å². The molecule has 0 aliphatic carbocycles. The van der Waals surface area contributed by atoms with Crippen LogP contribution >= 0.6 is 35.6 Å². The summed E-state index contributed by atoms with van der Waals surface area (Å²) in [5, 5.41) is 11.1. The van der Waals surface area contributed by atoms with E-state index in [-0.39, 0.29) is 24.0 Å². The van der Waals surface area contributed by atoms with Crippen LogP contribution in [0.25, 0.3) is 11.4 Å². The highest BCUT2D eigenvalue weighted by Crippen LogP contribution is 2.19. The number of nitrogens with zero attached hydrogens (tertiary/aromatic N) is 4. The van der Waals surface area contributed by atoms with Crippen LogP contribution in [0.1, 0.15) is 18.5 Å². The van der Waals surface area contributed by atoms with Crippen LogP contribution in [0.15, 0.2) is 58.2 Å². The molecule has 148 valence electrons. The Morgan fingerprint density at radius 1 is 1.18 bits per heavy atom. The SMILES string of the molecule is CCNC(=NCc1ccccn1)NCCc1nc(-c2cccc(Cl)c2)no1.I. The molecule has 3 aromatic rings. The highest BCUT2D eigenvalue weighted by molar-refractivity contribution is 14.0. The number of halogens is 2. The van der Waals surface area contributed by atoms with Gasteiger partial charge in [-0.2, -0.15) is 4.98 Å². The Morgan fingerprint density at radius 2 is 2.07 bits per heavy atom. The van der Waals surface area contributed by atoms with Crippen molar-refractivity contribution in [2.24, 2.45) is 4.99 Å².